The van der Waals surface area contributed by atoms with E-state index in [-0.39, 0.29) is 0 Å². The molecule has 1 N–H and O–H groups in total. The van der Waals surface area contributed by atoms with Gasteiger partial charge in [-0.05, 0) is 20.8 Å². The van der Waals surface area contributed by atoms with Gasteiger partial charge in [0.15, 0.2) is 0 Å². The van der Waals surface area contributed by atoms with E-state index in [9.17, 15) is 0 Å². The first kappa shape index (κ1) is 11.0. The summed E-state index contributed by atoms with van der Waals surface area (Å²) in [7, 11) is 0. The van der Waals surface area contributed by atoms with Crippen LogP contribution in [0.25, 0.3) is 0 Å². The van der Waals surface area contributed by atoms with E-state index in [0.717, 1.165) is 19.6 Å². The van der Waals surface area contributed by atoms with Gasteiger partial charge in [-0.15, -0.1) is 11.3 Å². The van der Waals surface area contributed by atoms with Crippen LogP contribution in [0.2, 0.25) is 0 Å². The van der Waals surface area contributed by atoms with Crippen molar-refractivity contribution in [1.29, 1.82) is 0 Å². The molecule has 0 amide bonds. The average Bonchev–Trinajstić information content (AvgIpc) is 2.60. The number of aromatic nitrogens is 1. The first-order valence-electron chi connectivity index (χ1n) is 5.55. The number of aryl methyl sites for hydroxylation is 1. The van der Waals surface area contributed by atoms with Crippen LogP contribution in [-0.4, -0.2) is 35.1 Å². The maximum Gasteiger partial charge on any atom is 0.0798 e. The first-order valence-corrected chi connectivity index (χ1v) is 6.43. The molecule has 3 nitrogen and oxygen atoms in total. The van der Waals surface area contributed by atoms with Gasteiger partial charge in [0.25, 0.3) is 0 Å². The predicted octanol–water partition coefficient (Wildman–Crippen LogP) is 1.63. The van der Waals surface area contributed by atoms with Crippen molar-refractivity contribution >= 4 is 11.3 Å². The topological polar surface area (TPSA) is 28.2 Å². The molecule has 1 saturated heterocycles. The molecule has 1 aliphatic heterocycles. The Morgan fingerprint density at radius 1 is 1.60 bits per heavy atom. The van der Waals surface area contributed by atoms with Gasteiger partial charge in [-0.25, -0.2) is 4.98 Å². The van der Waals surface area contributed by atoms with Gasteiger partial charge in [0.1, 0.15) is 0 Å². The maximum atomic E-state index is 4.30. The second-order valence-electron chi connectivity index (χ2n) is 4.31. The van der Waals surface area contributed by atoms with Crippen LogP contribution >= 0.6 is 11.3 Å². The maximum absolute atomic E-state index is 4.30. The van der Waals surface area contributed by atoms with E-state index < -0.39 is 0 Å². The van der Waals surface area contributed by atoms with Gasteiger partial charge in [0.05, 0.1) is 11.2 Å². The van der Waals surface area contributed by atoms with Crippen LogP contribution in [0.5, 0.6) is 0 Å². The smallest absolute Gasteiger partial charge is 0.0798 e. The number of nitrogens with zero attached hydrogens (tertiary/aromatic N) is 2. The Morgan fingerprint density at radius 2 is 2.40 bits per heavy atom. The van der Waals surface area contributed by atoms with E-state index in [4.69, 9.17) is 0 Å². The lowest BCUT2D eigenvalue weighted by Crippen LogP contribution is -2.54. The Hall–Kier alpha value is -0.450. The number of rotatable bonds is 2. The van der Waals surface area contributed by atoms with Crippen LogP contribution in [0.3, 0.4) is 0 Å². The Bertz CT molecular complexity index is 323. The molecule has 15 heavy (non-hydrogen) atoms. The minimum absolute atomic E-state index is 0.590. The van der Waals surface area contributed by atoms with Crippen LogP contribution in [0.1, 0.15) is 24.4 Å². The van der Waals surface area contributed by atoms with Crippen LogP contribution < -0.4 is 5.32 Å². The summed E-state index contributed by atoms with van der Waals surface area (Å²) in [6.45, 7) is 9.96. The monoisotopic (exact) mass is 225 g/mol. The molecule has 0 radical (unpaired) electrons. The summed E-state index contributed by atoms with van der Waals surface area (Å²) in [5, 5.41) is 3.50. The average molecular weight is 225 g/mol. The lowest BCUT2D eigenvalue weighted by molar-refractivity contribution is 0.132. The molecule has 1 aromatic rings. The van der Waals surface area contributed by atoms with Crippen molar-refractivity contribution < 1.29 is 0 Å². The summed E-state index contributed by atoms with van der Waals surface area (Å²) in [4.78, 5) is 8.26. The largest absolute Gasteiger partial charge is 0.311 e. The van der Waals surface area contributed by atoms with Crippen molar-refractivity contribution in [3.05, 3.63) is 16.1 Å². The zero-order valence-corrected chi connectivity index (χ0v) is 10.5. The summed E-state index contributed by atoms with van der Waals surface area (Å²) in [5.41, 5.74) is 3.14. The van der Waals surface area contributed by atoms with Crippen LogP contribution in [0.4, 0.5) is 0 Å². The second-order valence-corrected chi connectivity index (χ2v) is 5.25. The molecule has 1 aliphatic rings. The van der Waals surface area contributed by atoms with Crippen LogP contribution in [0, 0.1) is 6.92 Å². The molecule has 2 unspecified atom stereocenters. The quantitative estimate of drug-likeness (QED) is 0.829. The standard InChI is InChI=1S/C11H19N3S/c1-8-10(3)14(5-4-12-8)6-11-9(2)13-7-15-11/h7-8,10,12H,4-6H2,1-3H3. The summed E-state index contributed by atoms with van der Waals surface area (Å²) >= 11 is 1.77. The highest BCUT2D eigenvalue weighted by Crippen LogP contribution is 2.18. The van der Waals surface area contributed by atoms with Gasteiger partial charge >= 0.3 is 0 Å². The number of hydrogen-bond donors (Lipinski definition) is 1. The molecule has 1 fully saturated rings. The predicted molar refractivity (Wildman–Crippen MR) is 64.2 cm³/mol. The lowest BCUT2D eigenvalue weighted by atomic mass is 10.1. The van der Waals surface area contributed by atoms with E-state index in [1.807, 2.05) is 5.51 Å². The highest BCUT2D eigenvalue weighted by molar-refractivity contribution is 7.09. The van der Waals surface area contributed by atoms with Gasteiger partial charge in [-0.1, -0.05) is 0 Å². The number of hydrogen-bond acceptors (Lipinski definition) is 4. The second kappa shape index (κ2) is 4.60. The Kier molecular flexibility index (Phi) is 3.38. The normalized spacial score (nSPS) is 28.2. The van der Waals surface area contributed by atoms with E-state index in [1.54, 1.807) is 11.3 Å². The van der Waals surface area contributed by atoms with Gasteiger partial charge in [-0.2, -0.15) is 0 Å². The van der Waals surface area contributed by atoms with Crippen molar-refractivity contribution in [3.63, 3.8) is 0 Å². The van der Waals surface area contributed by atoms with E-state index >= 15 is 0 Å². The third kappa shape index (κ3) is 2.38. The summed E-state index contributed by atoms with van der Waals surface area (Å²) in [6.07, 6.45) is 0. The molecule has 0 spiro atoms. The Balaban J connectivity index is 2.02. The zero-order chi connectivity index (χ0) is 10.8. The highest BCUT2D eigenvalue weighted by Gasteiger charge is 2.24. The first-order chi connectivity index (χ1) is 7.18. The highest BCUT2D eigenvalue weighted by atomic mass is 32.1. The zero-order valence-electron chi connectivity index (χ0n) is 9.66. The molecule has 0 bridgehead atoms. The molecular formula is C11H19N3S. The van der Waals surface area contributed by atoms with Crippen molar-refractivity contribution in [2.45, 2.75) is 39.4 Å². The fourth-order valence-corrected chi connectivity index (χ4v) is 2.81. The van der Waals surface area contributed by atoms with E-state index in [2.05, 4.69) is 36.0 Å². The van der Waals surface area contributed by atoms with Gasteiger partial charge in [-0.3, -0.25) is 4.90 Å². The lowest BCUT2D eigenvalue weighted by Gasteiger charge is -2.38. The molecular weight excluding hydrogens is 206 g/mol. The van der Waals surface area contributed by atoms with Gasteiger partial charge in [0, 0.05) is 36.6 Å². The SMILES string of the molecule is Cc1ncsc1CN1CCNC(C)C1C. The molecule has 2 heterocycles. The Labute approximate surface area is 95.5 Å². The summed E-state index contributed by atoms with van der Waals surface area (Å²) in [5.74, 6) is 0. The van der Waals surface area contributed by atoms with Crippen LogP contribution in [0.15, 0.2) is 5.51 Å². The van der Waals surface area contributed by atoms with E-state index in [1.165, 1.54) is 10.6 Å². The number of thiazole rings is 1. The molecule has 2 rings (SSSR count). The molecule has 0 aliphatic carbocycles. The third-order valence-corrected chi connectivity index (χ3v) is 4.28. The third-order valence-electron chi connectivity index (χ3n) is 3.36. The molecule has 0 aromatic carbocycles. The minimum atomic E-state index is 0.590. The molecule has 4 heteroatoms. The molecule has 1 aromatic heterocycles. The fraction of sp³-hybridized carbons (Fsp3) is 0.727. The number of piperazine rings is 1. The minimum Gasteiger partial charge on any atom is -0.311 e. The number of nitrogens with one attached hydrogen (secondary N) is 1. The van der Waals surface area contributed by atoms with Crippen LogP contribution in [-0.2, 0) is 6.54 Å². The summed E-state index contributed by atoms with van der Waals surface area (Å²) < 4.78 is 0. The van der Waals surface area contributed by atoms with Crippen molar-refractivity contribution in [2.75, 3.05) is 13.1 Å². The molecule has 84 valence electrons. The Morgan fingerprint density at radius 3 is 3.07 bits per heavy atom. The van der Waals surface area contributed by atoms with Gasteiger partial charge in [0.2, 0.25) is 0 Å². The van der Waals surface area contributed by atoms with E-state index in [0.29, 0.717) is 12.1 Å². The summed E-state index contributed by atoms with van der Waals surface area (Å²) in [6, 6.07) is 1.20. The van der Waals surface area contributed by atoms with Crippen molar-refractivity contribution in [3.8, 4) is 0 Å². The van der Waals surface area contributed by atoms with Crippen molar-refractivity contribution in [2.24, 2.45) is 0 Å². The van der Waals surface area contributed by atoms with Gasteiger partial charge < -0.3 is 5.32 Å². The molecule has 0 saturated carbocycles. The molecule has 2 atom stereocenters. The van der Waals surface area contributed by atoms with Crippen molar-refractivity contribution in [1.82, 2.24) is 15.2 Å². The fourth-order valence-electron chi connectivity index (χ4n) is 2.01.